The van der Waals surface area contributed by atoms with Crippen LogP contribution in [0.15, 0.2) is 24.5 Å². The molecule has 0 aromatic carbocycles. The number of imidazole rings is 1. The lowest BCUT2D eigenvalue weighted by Gasteiger charge is -2.05. The third-order valence-electron chi connectivity index (χ3n) is 2.17. The van der Waals surface area contributed by atoms with Crippen molar-refractivity contribution in [1.82, 2.24) is 9.38 Å². The van der Waals surface area contributed by atoms with Gasteiger partial charge < -0.3 is 9.51 Å². The van der Waals surface area contributed by atoms with Gasteiger partial charge in [0.05, 0.1) is 17.7 Å². The van der Waals surface area contributed by atoms with E-state index in [9.17, 15) is 18.0 Å². The zero-order valence-electron chi connectivity index (χ0n) is 8.40. The molecule has 1 N–H and O–H groups in total. The number of carboxylic acids is 1. The van der Waals surface area contributed by atoms with Gasteiger partial charge in [-0.3, -0.25) is 4.79 Å². The zero-order chi connectivity index (χ0) is 12.6. The van der Waals surface area contributed by atoms with Crippen LogP contribution in [0.3, 0.4) is 0 Å². The van der Waals surface area contributed by atoms with E-state index in [1.165, 1.54) is 16.8 Å². The zero-order valence-corrected chi connectivity index (χ0v) is 8.40. The van der Waals surface area contributed by atoms with Gasteiger partial charge in [0.15, 0.2) is 0 Å². The third-order valence-corrected chi connectivity index (χ3v) is 2.17. The number of aromatic nitrogens is 2. The number of halogens is 3. The monoisotopic (exact) mass is 244 g/mol. The third kappa shape index (κ3) is 2.38. The normalized spacial score (nSPS) is 11.9. The van der Waals surface area contributed by atoms with Crippen molar-refractivity contribution in [3.63, 3.8) is 0 Å². The van der Waals surface area contributed by atoms with Gasteiger partial charge in [0.25, 0.3) is 0 Å². The number of carboxylic acid groups (broad SMARTS) is 1. The van der Waals surface area contributed by atoms with Crippen LogP contribution in [0.1, 0.15) is 11.3 Å². The summed E-state index contributed by atoms with van der Waals surface area (Å²) >= 11 is 0. The van der Waals surface area contributed by atoms with Crippen LogP contribution in [0.2, 0.25) is 0 Å². The van der Waals surface area contributed by atoms with Crippen molar-refractivity contribution < 1.29 is 23.1 Å². The molecule has 0 amide bonds. The quantitative estimate of drug-likeness (QED) is 0.878. The summed E-state index contributed by atoms with van der Waals surface area (Å²) in [4.78, 5) is 14.3. The number of alkyl halides is 3. The molecule has 0 radical (unpaired) electrons. The lowest BCUT2D eigenvalue weighted by Crippen LogP contribution is -2.05. The predicted octanol–water partition coefficient (Wildman–Crippen LogP) is 1.98. The van der Waals surface area contributed by atoms with E-state index in [0.717, 1.165) is 12.1 Å². The molecule has 2 aromatic rings. The number of nitrogens with zero attached hydrogens (tertiary/aromatic N) is 2. The second-order valence-corrected chi connectivity index (χ2v) is 3.48. The number of pyridine rings is 1. The summed E-state index contributed by atoms with van der Waals surface area (Å²) in [6.45, 7) is 0. The highest BCUT2D eigenvalue weighted by Gasteiger charge is 2.30. The Kier molecular flexibility index (Phi) is 2.53. The van der Waals surface area contributed by atoms with Gasteiger partial charge >= 0.3 is 12.1 Å². The Hall–Kier alpha value is -2.05. The summed E-state index contributed by atoms with van der Waals surface area (Å²) in [6, 6.07) is 1.80. The van der Waals surface area contributed by atoms with Crippen LogP contribution in [0.5, 0.6) is 0 Å². The number of rotatable bonds is 2. The molecular weight excluding hydrogens is 237 g/mol. The molecule has 0 fully saturated rings. The minimum atomic E-state index is -4.43. The maximum absolute atomic E-state index is 12.4. The number of hydrogen-bond donors (Lipinski definition) is 1. The summed E-state index contributed by atoms with van der Waals surface area (Å²) in [5, 5.41) is 8.55. The van der Waals surface area contributed by atoms with Crippen molar-refractivity contribution >= 4 is 11.6 Å². The minimum Gasteiger partial charge on any atom is -0.481 e. The molecular formula is C10H7F3N2O2. The van der Waals surface area contributed by atoms with Gasteiger partial charge in [-0.15, -0.1) is 0 Å². The lowest BCUT2D eigenvalue weighted by molar-refractivity contribution is -0.138. The van der Waals surface area contributed by atoms with Gasteiger partial charge in [0.2, 0.25) is 0 Å². The molecule has 0 bridgehead atoms. The molecule has 2 heterocycles. The molecule has 0 aliphatic carbocycles. The Bertz CT molecular complexity index is 574. The Balaban J connectivity index is 2.44. The van der Waals surface area contributed by atoms with Gasteiger partial charge in [-0.1, -0.05) is 0 Å². The second kappa shape index (κ2) is 3.76. The van der Waals surface area contributed by atoms with Crippen LogP contribution in [-0.4, -0.2) is 20.5 Å². The fourth-order valence-corrected chi connectivity index (χ4v) is 1.45. The van der Waals surface area contributed by atoms with E-state index < -0.39 is 17.7 Å². The van der Waals surface area contributed by atoms with Crippen molar-refractivity contribution in [3.8, 4) is 0 Å². The van der Waals surface area contributed by atoms with Crippen LogP contribution < -0.4 is 0 Å². The van der Waals surface area contributed by atoms with E-state index in [4.69, 9.17) is 5.11 Å². The first-order valence-electron chi connectivity index (χ1n) is 4.63. The summed E-state index contributed by atoms with van der Waals surface area (Å²) < 4.78 is 38.6. The highest BCUT2D eigenvalue weighted by atomic mass is 19.4. The molecule has 0 saturated heterocycles. The van der Waals surface area contributed by atoms with Crippen LogP contribution in [0, 0.1) is 0 Å². The number of hydrogen-bond acceptors (Lipinski definition) is 2. The van der Waals surface area contributed by atoms with E-state index in [1.54, 1.807) is 0 Å². The average Bonchev–Trinajstić information content (AvgIpc) is 2.55. The molecule has 0 atom stereocenters. The lowest BCUT2D eigenvalue weighted by atomic mass is 10.2. The summed E-state index contributed by atoms with van der Waals surface area (Å²) in [5.74, 6) is -1.08. The number of aliphatic carboxylic acids is 1. The predicted molar refractivity (Wildman–Crippen MR) is 51.5 cm³/mol. The molecule has 7 heteroatoms. The second-order valence-electron chi connectivity index (χ2n) is 3.48. The van der Waals surface area contributed by atoms with Crippen LogP contribution in [0.25, 0.3) is 5.65 Å². The molecule has 2 aromatic heterocycles. The number of fused-ring (bicyclic) bond motifs is 1. The minimum absolute atomic E-state index is 0.0797. The van der Waals surface area contributed by atoms with Crippen molar-refractivity contribution in [2.24, 2.45) is 0 Å². The first-order valence-corrected chi connectivity index (χ1v) is 4.63. The van der Waals surface area contributed by atoms with Gasteiger partial charge in [-0.05, 0) is 12.1 Å². The molecule has 0 spiro atoms. The molecule has 0 aliphatic heterocycles. The highest BCUT2D eigenvalue weighted by Crippen LogP contribution is 2.29. The van der Waals surface area contributed by atoms with Gasteiger partial charge in [-0.2, -0.15) is 13.2 Å². The molecule has 4 nitrogen and oxygen atoms in total. The standard InChI is InChI=1S/C10H7F3N2O2/c11-10(12,13)6-1-2-15-5-7(4-9(16)17)14-8(15)3-6/h1-3,5H,4H2,(H,16,17). The van der Waals surface area contributed by atoms with Crippen molar-refractivity contribution in [2.45, 2.75) is 12.6 Å². The van der Waals surface area contributed by atoms with Crippen molar-refractivity contribution in [2.75, 3.05) is 0 Å². The van der Waals surface area contributed by atoms with E-state index >= 15 is 0 Å². The largest absolute Gasteiger partial charge is 0.481 e. The Morgan fingerprint density at radius 2 is 2.18 bits per heavy atom. The van der Waals surface area contributed by atoms with Crippen LogP contribution >= 0.6 is 0 Å². The maximum Gasteiger partial charge on any atom is 0.416 e. The molecule has 0 saturated carbocycles. The first-order chi connectivity index (χ1) is 7.86. The molecule has 2 rings (SSSR count). The molecule has 90 valence electrons. The Morgan fingerprint density at radius 3 is 2.76 bits per heavy atom. The van der Waals surface area contributed by atoms with E-state index in [1.807, 2.05) is 0 Å². The Morgan fingerprint density at radius 1 is 1.47 bits per heavy atom. The first kappa shape index (κ1) is 11.4. The SMILES string of the molecule is O=C(O)Cc1cn2ccc(C(F)(F)F)cc2n1. The van der Waals surface area contributed by atoms with E-state index in [2.05, 4.69) is 4.98 Å². The van der Waals surface area contributed by atoms with Crippen molar-refractivity contribution in [3.05, 3.63) is 35.8 Å². The fraction of sp³-hybridized carbons (Fsp3) is 0.200. The molecule has 17 heavy (non-hydrogen) atoms. The fourth-order valence-electron chi connectivity index (χ4n) is 1.45. The summed E-state index contributed by atoms with van der Waals surface area (Å²) in [6.07, 6.45) is -2.15. The van der Waals surface area contributed by atoms with E-state index in [0.29, 0.717) is 0 Å². The molecule has 0 aliphatic rings. The summed E-state index contributed by atoms with van der Waals surface area (Å²) in [5.41, 5.74) is -0.509. The topological polar surface area (TPSA) is 54.6 Å². The maximum atomic E-state index is 12.4. The Labute approximate surface area is 93.3 Å². The smallest absolute Gasteiger partial charge is 0.416 e. The average molecular weight is 244 g/mol. The van der Waals surface area contributed by atoms with Crippen LogP contribution in [0.4, 0.5) is 13.2 Å². The van der Waals surface area contributed by atoms with Crippen molar-refractivity contribution in [1.29, 1.82) is 0 Å². The van der Waals surface area contributed by atoms with Gasteiger partial charge in [0.1, 0.15) is 5.65 Å². The highest BCUT2D eigenvalue weighted by molar-refractivity contribution is 5.69. The summed E-state index contributed by atoms with van der Waals surface area (Å²) in [7, 11) is 0. The van der Waals surface area contributed by atoms with Crippen LogP contribution in [-0.2, 0) is 17.4 Å². The molecule has 0 unspecified atom stereocenters. The number of carbonyl (C=O) groups is 1. The van der Waals surface area contributed by atoms with Gasteiger partial charge in [0, 0.05) is 12.4 Å². The van der Waals surface area contributed by atoms with Gasteiger partial charge in [-0.25, -0.2) is 4.98 Å². The van der Waals surface area contributed by atoms with E-state index in [-0.39, 0.29) is 17.8 Å².